The molecule has 0 unspecified atom stereocenters. The van der Waals surface area contributed by atoms with Crippen molar-refractivity contribution in [3.8, 4) is 0 Å². The molecule has 0 aliphatic carbocycles. The molecule has 88 valence electrons. The van der Waals surface area contributed by atoms with E-state index in [1.807, 2.05) is 0 Å². The van der Waals surface area contributed by atoms with Crippen molar-refractivity contribution in [3.05, 3.63) is 29.3 Å². The highest BCUT2D eigenvalue weighted by molar-refractivity contribution is 5.55. The summed E-state index contributed by atoms with van der Waals surface area (Å²) in [6.45, 7) is 0. The lowest BCUT2D eigenvalue weighted by atomic mass is 10.1. The van der Waals surface area contributed by atoms with Crippen molar-refractivity contribution < 1.29 is 13.6 Å². The van der Waals surface area contributed by atoms with Gasteiger partial charge in [-0.15, -0.1) is 0 Å². The largest absolute Gasteiger partial charge is 0.375 e. The number of aryl methyl sites for hydroxylation is 1. The summed E-state index contributed by atoms with van der Waals surface area (Å²) in [4.78, 5) is 11.7. The third kappa shape index (κ3) is 2.78. The average Bonchev–Trinajstić information content (AvgIpc) is 2.23. The molecular formula is C12H15F2NO. The molecule has 0 spiro atoms. The predicted molar refractivity (Wildman–Crippen MR) is 59.7 cm³/mol. The van der Waals surface area contributed by atoms with Gasteiger partial charge in [-0.1, -0.05) is 6.07 Å². The molecule has 0 atom stereocenters. The molecule has 0 amide bonds. The lowest BCUT2D eigenvalue weighted by Crippen LogP contribution is -2.14. The number of unbranched alkanes of at least 4 members (excludes halogenated alkanes) is 1. The molecule has 0 N–H and O–H groups in total. The Balaban J connectivity index is 2.98. The van der Waals surface area contributed by atoms with Gasteiger partial charge in [0.15, 0.2) is 11.6 Å². The van der Waals surface area contributed by atoms with Crippen LogP contribution in [0.1, 0.15) is 18.4 Å². The number of nitrogens with zero attached hydrogens (tertiary/aromatic N) is 1. The summed E-state index contributed by atoms with van der Waals surface area (Å²) in [5.74, 6) is -1.67. The molecule has 4 heteroatoms. The monoisotopic (exact) mass is 227 g/mol. The molecule has 1 aromatic carbocycles. The Morgan fingerprint density at radius 3 is 2.56 bits per heavy atom. The van der Waals surface area contributed by atoms with Crippen molar-refractivity contribution in [1.29, 1.82) is 0 Å². The van der Waals surface area contributed by atoms with Crippen molar-refractivity contribution in [2.24, 2.45) is 0 Å². The van der Waals surface area contributed by atoms with Crippen LogP contribution in [0.25, 0.3) is 0 Å². The maximum absolute atomic E-state index is 13.5. The number of aldehydes is 1. The maximum atomic E-state index is 13.5. The smallest absolute Gasteiger partial charge is 0.182 e. The Morgan fingerprint density at radius 2 is 2.00 bits per heavy atom. The van der Waals surface area contributed by atoms with E-state index in [4.69, 9.17) is 0 Å². The first-order chi connectivity index (χ1) is 7.57. The highest BCUT2D eigenvalue weighted by atomic mass is 19.2. The summed E-state index contributed by atoms with van der Waals surface area (Å²) < 4.78 is 26.6. The third-order valence-electron chi connectivity index (χ3n) is 2.37. The second kappa shape index (κ2) is 5.58. The van der Waals surface area contributed by atoms with Gasteiger partial charge in [0.25, 0.3) is 0 Å². The van der Waals surface area contributed by atoms with Gasteiger partial charge in [0, 0.05) is 20.5 Å². The van der Waals surface area contributed by atoms with Crippen LogP contribution in [0.15, 0.2) is 12.1 Å². The van der Waals surface area contributed by atoms with E-state index in [2.05, 4.69) is 0 Å². The molecule has 0 saturated heterocycles. The van der Waals surface area contributed by atoms with E-state index in [1.165, 1.54) is 0 Å². The standard InChI is InChI=1S/C12H15F2NO/c1-15(2)12-9(5-3-4-8-16)6-7-10(13)11(12)14/h6-8H,3-5H2,1-2H3. The molecule has 0 aliphatic rings. The second-order valence-electron chi connectivity index (χ2n) is 3.82. The zero-order valence-corrected chi connectivity index (χ0v) is 9.46. The van der Waals surface area contributed by atoms with Crippen LogP contribution in [0, 0.1) is 11.6 Å². The maximum Gasteiger partial charge on any atom is 0.182 e. The zero-order chi connectivity index (χ0) is 12.1. The molecule has 1 aromatic rings. The number of carbonyl (C=O) groups excluding carboxylic acids is 1. The fourth-order valence-corrected chi connectivity index (χ4v) is 1.64. The van der Waals surface area contributed by atoms with Crippen LogP contribution < -0.4 is 4.90 Å². The summed E-state index contributed by atoms with van der Waals surface area (Å²) in [6.07, 6.45) is 2.49. The molecule has 1 rings (SSSR count). The summed E-state index contributed by atoms with van der Waals surface area (Å²) in [5, 5.41) is 0. The topological polar surface area (TPSA) is 20.3 Å². The molecule has 0 radical (unpaired) electrons. The van der Waals surface area contributed by atoms with Gasteiger partial charge in [-0.2, -0.15) is 0 Å². The minimum absolute atomic E-state index is 0.269. The highest BCUT2D eigenvalue weighted by Gasteiger charge is 2.14. The van der Waals surface area contributed by atoms with E-state index in [0.29, 0.717) is 19.3 Å². The van der Waals surface area contributed by atoms with Gasteiger partial charge in [-0.05, 0) is 24.5 Å². The first kappa shape index (κ1) is 12.6. The van der Waals surface area contributed by atoms with E-state index < -0.39 is 11.6 Å². The fraction of sp³-hybridized carbons (Fsp3) is 0.417. The van der Waals surface area contributed by atoms with Crippen LogP contribution in [0.3, 0.4) is 0 Å². The number of halogens is 2. The first-order valence-corrected chi connectivity index (χ1v) is 5.15. The molecule has 0 heterocycles. The van der Waals surface area contributed by atoms with Gasteiger partial charge in [-0.3, -0.25) is 0 Å². The number of anilines is 1. The van der Waals surface area contributed by atoms with Crippen LogP contribution in [-0.2, 0) is 11.2 Å². The number of hydrogen-bond acceptors (Lipinski definition) is 2. The summed E-state index contributed by atoms with van der Waals surface area (Å²) in [6, 6.07) is 2.69. The lowest BCUT2D eigenvalue weighted by Gasteiger charge is -2.18. The van der Waals surface area contributed by atoms with Crippen molar-refractivity contribution in [2.45, 2.75) is 19.3 Å². The molecular weight excluding hydrogens is 212 g/mol. The predicted octanol–water partition coefficient (Wildman–Crippen LogP) is 2.55. The normalized spacial score (nSPS) is 10.2. The molecule has 0 bridgehead atoms. The number of carbonyl (C=O) groups is 1. The van der Waals surface area contributed by atoms with Gasteiger partial charge in [-0.25, -0.2) is 8.78 Å². The Hall–Kier alpha value is -1.45. The van der Waals surface area contributed by atoms with Crippen LogP contribution in [0.2, 0.25) is 0 Å². The first-order valence-electron chi connectivity index (χ1n) is 5.15. The Labute approximate surface area is 93.9 Å². The van der Waals surface area contributed by atoms with Crippen LogP contribution in [0.4, 0.5) is 14.5 Å². The Kier molecular flexibility index (Phi) is 4.40. The van der Waals surface area contributed by atoms with E-state index in [9.17, 15) is 13.6 Å². The van der Waals surface area contributed by atoms with Crippen molar-refractivity contribution in [3.63, 3.8) is 0 Å². The van der Waals surface area contributed by atoms with Crippen LogP contribution in [-0.4, -0.2) is 20.4 Å². The van der Waals surface area contributed by atoms with Gasteiger partial charge in [0.2, 0.25) is 0 Å². The fourth-order valence-electron chi connectivity index (χ4n) is 1.64. The minimum Gasteiger partial charge on any atom is -0.375 e. The molecule has 0 aromatic heterocycles. The summed E-state index contributed by atoms with van der Waals surface area (Å²) >= 11 is 0. The molecule has 0 saturated carbocycles. The van der Waals surface area contributed by atoms with Crippen molar-refractivity contribution in [1.82, 2.24) is 0 Å². The second-order valence-corrected chi connectivity index (χ2v) is 3.82. The Bertz CT molecular complexity index is 378. The van der Waals surface area contributed by atoms with Crippen molar-refractivity contribution >= 4 is 12.0 Å². The van der Waals surface area contributed by atoms with Gasteiger partial charge in [0.1, 0.15) is 6.29 Å². The van der Waals surface area contributed by atoms with E-state index in [-0.39, 0.29) is 5.69 Å². The highest BCUT2D eigenvalue weighted by Crippen LogP contribution is 2.26. The Morgan fingerprint density at radius 1 is 1.31 bits per heavy atom. The molecule has 16 heavy (non-hydrogen) atoms. The van der Waals surface area contributed by atoms with Crippen LogP contribution in [0.5, 0.6) is 0 Å². The third-order valence-corrected chi connectivity index (χ3v) is 2.37. The summed E-state index contributed by atoms with van der Waals surface area (Å²) in [7, 11) is 3.34. The summed E-state index contributed by atoms with van der Waals surface area (Å²) in [5.41, 5.74) is 0.997. The average molecular weight is 227 g/mol. The molecule has 2 nitrogen and oxygen atoms in total. The van der Waals surface area contributed by atoms with Crippen LogP contribution >= 0.6 is 0 Å². The van der Waals surface area contributed by atoms with E-state index in [1.54, 1.807) is 25.1 Å². The lowest BCUT2D eigenvalue weighted by molar-refractivity contribution is -0.107. The quantitative estimate of drug-likeness (QED) is 0.569. The van der Waals surface area contributed by atoms with E-state index in [0.717, 1.165) is 17.9 Å². The van der Waals surface area contributed by atoms with E-state index >= 15 is 0 Å². The van der Waals surface area contributed by atoms with Crippen molar-refractivity contribution in [2.75, 3.05) is 19.0 Å². The number of hydrogen-bond donors (Lipinski definition) is 0. The van der Waals surface area contributed by atoms with Gasteiger partial charge < -0.3 is 9.69 Å². The van der Waals surface area contributed by atoms with Gasteiger partial charge in [0.05, 0.1) is 5.69 Å². The van der Waals surface area contributed by atoms with Gasteiger partial charge >= 0.3 is 0 Å². The number of benzene rings is 1. The minimum atomic E-state index is -0.845. The number of rotatable bonds is 5. The zero-order valence-electron chi connectivity index (χ0n) is 9.46. The SMILES string of the molecule is CN(C)c1c(CCCC=O)ccc(F)c1F. The molecule has 0 fully saturated rings. The molecule has 0 aliphatic heterocycles.